The summed E-state index contributed by atoms with van der Waals surface area (Å²) in [4.78, 5) is 16.9. The highest BCUT2D eigenvalue weighted by Gasteiger charge is 2.22. The summed E-state index contributed by atoms with van der Waals surface area (Å²) in [6.45, 7) is 2.88. The van der Waals surface area contributed by atoms with Crippen LogP contribution in [0.5, 0.6) is 11.5 Å². The lowest BCUT2D eigenvalue weighted by atomic mass is 10.0. The number of hydrogen-bond donors (Lipinski definition) is 1. The number of hydrogen-bond acceptors (Lipinski definition) is 6. The molecule has 0 atom stereocenters. The van der Waals surface area contributed by atoms with Gasteiger partial charge >= 0.3 is 0 Å². The van der Waals surface area contributed by atoms with Crippen molar-refractivity contribution in [1.29, 1.82) is 5.26 Å². The summed E-state index contributed by atoms with van der Waals surface area (Å²) in [7, 11) is 5.20. The summed E-state index contributed by atoms with van der Waals surface area (Å²) in [5.41, 5.74) is 8.51. The lowest BCUT2D eigenvalue weighted by Gasteiger charge is -2.23. The zero-order chi connectivity index (χ0) is 24.0. The molecule has 2 N–H and O–H groups in total. The molecule has 2 aromatic rings. The summed E-state index contributed by atoms with van der Waals surface area (Å²) in [5.74, 6) is 0.885. The van der Waals surface area contributed by atoms with Gasteiger partial charge in [0.05, 0.1) is 31.9 Å². The van der Waals surface area contributed by atoms with Crippen LogP contribution in [0.25, 0.3) is 0 Å². The third kappa shape index (κ3) is 5.93. The molecule has 0 radical (unpaired) electrons. The van der Waals surface area contributed by atoms with E-state index in [-0.39, 0.29) is 17.2 Å². The Morgan fingerprint density at radius 1 is 1.15 bits per heavy atom. The summed E-state index contributed by atoms with van der Waals surface area (Å²) in [6.07, 6.45) is 2.59. The third-order valence-corrected chi connectivity index (χ3v) is 6.11. The molecule has 1 heterocycles. The molecule has 0 saturated heterocycles. The minimum atomic E-state index is -0.553. The average Bonchev–Trinajstić information content (AvgIpc) is 2.96. The molecule has 33 heavy (non-hydrogen) atoms. The molecule has 0 aliphatic carbocycles. The highest BCUT2D eigenvalue weighted by atomic mass is 19.1. The van der Waals surface area contributed by atoms with E-state index in [1.807, 2.05) is 30.1 Å². The number of halogens is 1. The first-order valence-corrected chi connectivity index (χ1v) is 11.0. The molecule has 0 spiro atoms. The average molecular weight is 455 g/mol. The minimum absolute atomic E-state index is 0.101. The molecule has 1 aliphatic heterocycles. The van der Waals surface area contributed by atoms with Crippen LogP contribution in [-0.2, 0) is 24.1 Å². The molecule has 0 unspecified atom stereocenters. The van der Waals surface area contributed by atoms with Crippen molar-refractivity contribution in [2.75, 3.05) is 53.2 Å². The van der Waals surface area contributed by atoms with Crippen LogP contribution in [0.2, 0.25) is 0 Å². The maximum absolute atomic E-state index is 13.9. The number of rotatable bonds is 9. The normalized spacial score (nSPS) is 13.5. The number of nitrogens with zero attached hydrogens (tertiary/aromatic N) is 3. The Kier molecular flexibility index (Phi) is 8.12. The number of methoxy groups -OCH3 is 2. The van der Waals surface area contributed by atoms with Gasteiger partial charge in [0.2, 0.25) is 5.91 Å². The van der Waals surface area contributed by atoms with E-state index in [9.17, 15) is 9.18 Å². The molecule has 0 aromatic heterocycles. The summed E-state index contributed by atoms with van der Waals surface area (Å²) in [5, 5.41) is 9.08. The second-order valence-corrected chi connectivity index (χ2v) is 8.34. The maximum Gasteiger partial charge on any atom is 0.227 e. The lowest BCUT2D eigenvalue weighted by Crippen LogP contribution is -2.35. The number of ether oxygens (including phenoxy) is 2. The van der Waals surface area contributed by atoms with Gasteiger partial charge in [-0.3, -0.25) is 4.79 Å². The number of carbonyl (C=O) groups is 1. The molecular weight excluding hydrogens is 423 g/mol. The molecule has 0 fully saturated rings. The zero-order valence-corrected chi connectivity index (χ0v) is 19.5. The van der Waals surface area contributed by atoms with Crippen molar-refractivity contribution in [2.45, 2.75) is 25.7 Å². The minimum Gasteiger partial charge on any atom is -0.493 e. The largest absolute Gasteiger partial charge is 0.493 e. The molecule has 3 rings (SSSR count). The van der Waals surface area contributed by atoms with Gasteiger partial charge in [-0.1, -0.05) is 0 Å². The van der Waals surface area contributed by atoms with E-state index in [2.05, 4.69) is 4.90 Å². The number of nitrogen functional groups attached to an aromatic ring is 1. The summed E-state index contributed by atoms with van der Waals surface area (Å²) < 4.78 is 24.6. The number of benzene rings is 2. The number of fused-ring (bicyclic) bond motifs is 1. The van der Waals surface area contributed by atoms with Crippen LogP contribution in [0, 0.1) is 17.1 Å². The van der Waals surface area contributed by atoms with Crippen molar-refractivity contribution >= 4 is 11.6 Å². The van der Waals surface area contributed by atoms with Crippen LogP contribution in [0.15, 0.2) is 24.3 Å². The van der Waals surface area contributed by atoms with Crippen molar-refractivity contribution in [2.24, 2.45) is 0 Å². The van der Waals surface area contributed by atoms with Gasteiger partial charge in [0.1, 0.15) is 11.9 Å². The zero-order valence-electron chi connectivity index (χ0n) is 19.5. The predicted molar refractivity (Wildman–Crippen MR) is 125 cm³/mol. The van der Waals surface area contributed by atoms with E-state index in [1.165, 1.54) is 6.07 Å². The number of likely N-dealkylation sites (N-methyl/N-ethyl adjacent to an activating group) is 1. The van der Waals surface area contributed by atoms with E-state index in [0.29, 0.717) is 44.0 Å². The Morgan fingerprint density at radius 2 is 1.85 bits per heavy atom. The Morgan fingerprint density at radius 3 is 2.52 bits per heavy atom. The molecular formula is C25H31FN4O3. The Balaban J connectivity index is 1.50. The summed E-state index contributed by atoms with van der Waals surface area (Å²) >= 11 is 0. The van der Waals surface area contributed by atoms with Crippen LogP contribution < -0.4 is 15.2 Å². The molecule has 0 saturated carbocycles. The second kappa shape index (κ2) is 11.0. The maximum atomic E-state index is 13.9. The molecule has 7 nitrogen and oxygen atoms in total. The van der Waals surface area contributed by atoms with Gasteiger partial charge in [0.25, 0.3) is 0 Å². The Bertz CT molecular complexity index is 1050. The van der Waals surface area contributed by atoms with E-state index in [4.69, 9.17) is 20.5 Å². The molecule has 2 aromatic carbocycles. The molecule has 176 valence electrons. The highest BCUT2D eigenvalue weighted by molar-refractivity contribution is 5.80. The van der Waals surface area contributed by atoms with Gasteiger partial charge in [-0.2, -0.15) is 5.26 Å². The van der Waals surface area contributed by atoms with Crippen LogP contribution in [0.1, 0.15) is 28.7 Å². The fourth-order valence-corrected chi connectivity index (χ4v) is 4.13. The molecule has 1 amide bonds. The van der Waals surface area contributed by atoms with Crippen molar-refractivity contribution < 1.29 is 18.7 Å². The molecule has 1 aliphatic rings. The number of anilines is 1. The summed E-state index contributed by atoms with van der Waals surface area (Å²) in [6, 6.07) is 8.84. The van der Waals surface area contributed by atoms with E-state index in [1.54, 1.807) is 20.3 Å². The van der Waals surface area contributed by atoms with Crippen molar-refractivity contribution in [3.8, 4) is 17.6 Å². The SMILES string of the molecule is COc1cc2c(cc1OC)CC(=O)N(CCCN(C)CCc1cc(F)c(N)c(C#N)c1)CC2. The molecule has 0 bridgehead atoms. The van der Waals surface area contributed by atoms with Crippen LogP contribution >= 0.6 is 0 Å². The van der Waals surface area contributed by atoms with Crippen LogP contribution in [0.4, 0.5) is 10.1 Å². The fraction of sp³-hybridized carbons (Fsp3) is 0.440. The monoisotopic (exact) mass is 454 g/mol. The topological polar surface area (TPSA) is 91.8 Å². The number of nitriles is 1. The van der Waals surface area contributed by atoms with Gasteiger partial charge in [-0.25, -0.2) is 4.39 Å². The van der Waals surface area contributed by atoms with Gasteiger partial charge in [-0.05, 0) is 73.8 Å². The molecule has 8 heteroatoms. The quantitative estimate of drug-likeness (QED) is 0.586. The Labute approximate surface area is 194 Å². The number of nitrogens with two attached hydrogens (primary N) is 1. The highest BCUT2D eigenvalue weighted by Crippen LogP contribution is 2.32. The van der Waals surface area contributed by atoms with E-state index in [0.717, 1.165) is 36.1 Å². The third-order valence-electron chi connectivity index (χ3n) is 6.11. The number of carbonyl (C=O) groups excluding carboxylic acids is 1. The van der Waals surface area contributed by atoms with Crippen molar-refractivity contribution in [3.05, 3.63) is 52.3 Å². The first-order chi connectivity index (χ1) is 15.9. The first kappa shape index (κ1) is 24.3. The van der Waals surface area contributed by atoms with E-state index >= 15 is 0 Å². The van der Waals surface area contributed by atoms with Crippen molar-refractivity contribution in [1.82, 2.24) is 9.80 Å². The number of amides is 1. The smallest absolute Gasteiger partial charge is 0.227 e. The van der Waals surface area contributed by atoms with Gasteiger partial charge in [-0.15, -0.1) is 0 Å². The predicted octanol–water partition coefficient (Wildman–Crippen LogP) is 2.79. The lowest BCUT2D eigenvalue weighted by molar-refractivity contribution is -0.130. The first-order valence-electron chi connectivity index (χ1n) is 11.0. The van der Waals surface area contributed by atoms with E-state index < -0.39 is 5.82 Å². The fourth-order valence-electron chi connectivity index (χ4n) is 4.13. The van der Waals surface area contributed by atoms with Crippen molar-refractivity contribution in [3.63, 3.8) is 0 Å². The van der Waals surface area contributed by atoms with Gasteiger partial charge in [0.15, 0.2) is 11.5 Å². The van der Waals surface area contributed by atoms with Crippen LogP contribution in [-0.4, -0.2) is 63.2 Å². The Hall–Kier alpha value is -3.31. The van der Waals surface area contributed by atoms with Gasteiger partial charge in [0, 0.05) is 19.6 Å². The standard InChI is InChI=1S/C25H31FN4O3/c1-29(9-5-17-11-20(16-27)25(28)21(26)12-17)7-4-8-30-10-6-18-13-22(32-2)23(33-3)14-19(18)15-24(30)31/h11-14H,4-10,15,28H2,1-3H3. The van der Waals surface area contributed by atoms with Crippen LogP contribution in [0.3, 0.4) is 0 Å². The second-order valence-electron chi connectivity index (χ2n) is 8.34. The van der Waals surface area contributed by atoms with Gasteiger partial charge < -0.3 is 25.0 Å².